The first-order valence-electron chi connectivity index (χ1n) is 6.61. The number of thioether (sulfide) groups is 1. The molecule has 0 aromatic carbocycles. The van der Waals surface area contributed by atoms with Gasteiger partial charge in [0.2, 0.25) is 0 Å². The third-order valence-corrected chi connectivity index (χ3v) is 5.53. The van der Waals surface area contributed by atoms with E-state index in [0.29, 0.717) is 0 Å². The Morgan fingerprint density at radius 2 is 1.93 bits per heavy atom. The molecule has 0 radical (unpaired) electrons. The highest BCUT2D eigenvalue weighted by Gasteiger charge is 2.28. The predicted molar refractivity (Wildman–Crippen MR) is 69.4 cm³/mol. The van der Waals surface area contributed by atoms with Gasteiger partial charge in [-0.05, 0) is 36.9 Å². The van der Waals surface area contributed by atoms with Crippen LogP contribution in [0.4, 0.5) is 0 Å². The van der Waals surface area contributed by atoms with Crippen molar-refractivity contribution in [2.75, 3.05) is 11.5 Å². The van der Waals surface area contributed by atoms with Crippen LogP contribution in [0.1, 0.15) is 46.0 Å². The Morgan fingerprint density at radius 1 is 1.07 bits per heavy atom. The molecule has 0 aromatic heterocycles. The monoisotopic (exact) mass is 227 g/mol. The lowest BCUT2D eigenvalue weighted by Crippen LogP contribution is -2.47. The minimum Gasteiger partial charge on any atom is -0.310 e. The van der Waals surface area contributed by atoms with Crippen LogP contribution in [0, 0.1) is 11.8 Å². The maximum atomic E-state index is 3.92. The van der Waals surface area contributed by atoms with Crippen molar-refractivity contribution in [2.45, 2.75) is 58.0 Å². The number of hydrogen-bond acceptors (Lipinski definition) is 2. The molecule has 4 atom stereocenters. The van der Waals surface area contributed by atoms with E-state index in [1.165, 1.54) is 43.6 Å². The lowest BCUT2D eigenvalue weighted by atomic mass is 9.78. The van der Waals surface area contributed by atoms with E-state index >= 15 is 0 Å². The Morgan fingerprint density at radius 3 is 2.67 bits per heavy atom. The van der Waals surface area contributed by atoms with Crippen molar-refractivity contribution in [2.24, 2.45) is 11.8 Å². The summed E-state index contributed by atoms with van der Waals surface area (Å²) in [6.07, 6.45) is 7.11. The molecule has 1 aliphatic carbocycles. The van der Waals surface area contributed by atoms with Crippen molar-refractivity contribution in [3.63, 3.8) is 0 Å². The van der Waals surface area contributed by atoms with E-state index in [1.54, 1.807) is 0 Å². The molecule has 0 amide bonds. The minimum absolute atomic E-state index is 0.803. The second-order valence-corrected chi connectivity index (χ2v) is 6.60. The van der Waals surface area contributed by atoms with Crippen molar-refractivity contribution in [1.82, 2.24) is 5.32 Å². The molecule has 0 unspecified atom stereocenters. The normalized spacial score (nSPS) is 42.8. The molecule has 1 nitrogen and oxygen atoms in total. The Hall–Kier alpha value is 0.310. The van der Waals surface area contributed by atoms with Crippen LogP contribution in [-0.2, 0) is 0 Å². The van der Waals surface area contributed by atoms with Crippen LogP contribution >= 0.6 is 11.8 Å². The van der Waals surface area contributed by atoms with Gasteiger partial charge in [0.25, 0.3) is 0 Å². The molecule has 1 saturated carbocycles. The first-order valence-corrected chi connectivity index (χ1v) is 7.76. The lowest BCUT2D eigenvalue weighted by Gasteiger charge is -2.38. The smallest absolute Gasteiger partial charge is 0.0161 e. The summed E-state index contributed by atoms with van der Waals surface area (Å²) in [5.41, 5.74) is 0. The van der Waals surface area contributed by atoms with Gasteiger partial charge in [0.05, 0.1) is 0 Å². The minimum atomic E-state index is 0.803. The van der Waals surface area contributed by atoms with Crippen molar-refractivity contribution in [1.29, 1.82) is 0 Å². The summed E-state index contributed by atoms with van der Waals surface area (Å²) in [6.45, 7) is 4.87. The first-order chi connectivity index (χ1) is 7.27. The van der Waals surface area contributed by atoms with Gasteiger partial charge in [0.15, 0.2) is 0 Å². The van der Waals surface area contributed by atoms with Crippen LogP contribution in [0.3, 0.4) is 0 Å². The Labute approximate surface area is 98.8 Å². The second kappa shape index (κ2) is 5.58. The molecule has 1 N–H and O–H groups in total. The average Bonchev–Trinajstić information content (AvgIpc) is 2.26. The lowest BCUT2D eigenvalue weighted by molar-refractivity contribution is 0.194. The summed E-state index contributed by atoms with van der Waals surface area (Å²) < 4.78 is 0. The summed E-state index contributed by atoms with van der Waals surface area (Å²) in [4.78, 5) is 0. The highest BCUT2D eigenvalue weighted by atomic mass is 32.2. The molecule has 1 saturated heterocycles. The Kier molecular flexibility index (Phi) is 4.39. The standard InChI is InChI=1S/C13H25NS/c1-10-5-3-7-13(11(10)2)14-12-6-4-8-15-9-12/h10-14H,3-9H2,1-2H3/t10-,11-,12-,13-/m1/s1. The molecule has 15 heavy (non-hydrogen) atoms. The fourth-order valence-corrected chi connectivity index (χ4v) is 4.08. The largest absolute Gasteiger partial charge is 0.310 e. The van der Waals surface area contributed by atoms with Gasteiger partial charge in [-0.15, -0.1) is 0 Å². The van der Waals surface area contributed by atoms with E-state index in [-0.39, 0.29) is 0 Å². The third kappa shape index (κ3) is 3.13. The molecule has 88 valence electrons. The maximum Gasteiger partial charge on any atom is 0.0161 e. The van der Waals surface area contributed by atoms with E-state index < -0.39 is 0 Å². The van der Waals surface area contributed by atoms with E-state index in [0.717, 1.165) is 23.9 Å². The third-order valence-electron chi connectivity index (χ3n) is 4.32. The summed E-state index contributed by atoms with van der Waals surface area (Å²) in [6, 6.07) is 1.61. The first kappa shape index (κ1) is 11.8. The number of rotatable bonds is 2. The van der Waals surface area contributed by atoms with E-state index in [9.17, 15) is 0 Å². The molecular formula is C13H25NS. The van der Waals surface area contributed by atoms with Crippen LogP contribution in [-0.4, -0.2) is 23.6 Å². The molecule has 0 aromatic rings. The maximum absolute atomic E-state index is 3.92. The van der Waals surface area contributed by atoms with Crippen LogP contribution in [0.2, 0.25) is 0 Å². The number of nitrogens with one attached hydrogen (secondary N) is 1. The van der Waals surface area contributed by atoms with Crippen molar-refractivity contribution in [3.8, 4) is 0 Å². The van der Waals surface area contributed by atoms with Gasteiger partial charge in [-0.2, -0.15) is 11.8 Å². The van der Waals surface area contributed by atoms with Crippen molar-refractivity contribution in [3.05, 3.63) is 0 Å². The van der Waals surface area contributed by atoms with Gasteiger partial charge in [0.1, 0.15) is 0 Å². The summed E-state index contributed by atoms with van der Waals surface area (Å²) in [5, 5.41) is 3.92. The average molecular weight is 227 g/mol. The fourth-order valence-electron chi connectivity index (χ4n) is 2.99. The zero-order valence-corrected chi connectivity index (χ0v) is 11.0. The molecular weight excluding hydrogens is 202 g/mol. The highest BCUT2D eigenvalue weighted by molar-refractivity contribution is 7.99. The van der Waals surface area contributed by atoms with Gasteiger partial charge < -0.3 is 5.32 Å². The fraction of sp³-hybridized carbons (Fsp3) is 1.00. The van der Waals surface area contributed by atoms with Gasteiger partial charge in [-0.3, -0.25) is 0 Å². The molecule has 0 spiro atoms. The summed E-state index contributed by atoms with van der Waals surface area (Å²) >= 11 is 2.13. The zero-order valence-electron chi connectivity index (χ0n) is 10.2. The van der Waals surface area contributed by atoms with Gasteiger partial charge in [-0.1, -0.05) is 26.7 Å². The van der Waals surface area contributed by atoms with E-state index in [2.05, 4.69) is 30.9 Å². The van der Waals surface area contributed by atoms with Crippen molar-refractivity contribution < 1.29 is 0 Å². The molecule has 0 bridgehead atoms. The highest BCUT2D eigenvalue weighted by Crippen LogP contribution is 2.30. The van der Waals surface area contributed by atoms with E-state index in [1.807, 2.05) is 0 Å². The van der Waals surface area contributed by atoms with Gasteiger partial charge in [0, 0.05) is 17.8 Å². The molecule has 1 aliphatic heterocycles. The van der Waals surface area contributed by atoms with Crippen molar-refractivity contribution >= 4 is 11.8 Å². The molecule has 2 fully saturated rings. The molecule has 2 rings (SSSR count). The van der Waals surface area contributed by atoms with Gasteiger partial charge in [-0.25, -0.2) is 0 Å². The van der Waals surface area contributed by atoms with Crippen LogP contribution in [0.15, 0.2) is 0 Å². The number of hydrogen-bond donors (Lipinski definition) is 1. The SMILES string of the molecule is C[C@@H]1[C@H](C)CCC[C@H]1N[C@@H]1CCCSC1. The molecule has 2 aliphatic rings. The Bertz CT molecular complexity index is 189. The Balaban J connectivity index is 1.81. The van der Waals surface area contributed by atoms with Crippen LogP contribution in [0.25, 0.3) is 0 Å². The molecule has 1 heterocycles. The molecule has 2 heteroatoms. The predicted octanol–water partition coefficient (Wildman–Crippen LogP) is 3.30. The van der Waals surface area contributed by atoms with Crippen LogP contribution < -0.4 is 5.32 Å². The van der Waals surface area contributed by atoms with Crippen LogP contribution in [0.5, 0.6) is 0 Å². The van der Waals surface area contributed by atoms with Gasteiger partial charge >= 0.3 is 0 Å². The topological polar surface area (TPSA) is 12.0 Å². The van der Waals surface area contributed by atoms with E-state index in [4.69, 9.17) is 0 Å². The summed E-state index contributed by atoms with van der Waals surface area (Å²) in [7, 11) is 0. The zero-order chi connectivity index (χ0) is 10.7. The summed E-state index contributed by atoms with van der Waals surface area (Å²) in [5.74, 6) is 4.53. The second-order valence-electron chi connectivity index (χ2n) is 5.45. The quantitative estimate of drug-likeness (QED) is 0.777.